The number of carbonyl (C=O) groups excluding carboxylic acids is 1. The fraction of sp³-hybridized carbons (Fsp3) is 0.615. The molecule has 1 aliphatic rings. The second kappa shape index (κ2) is 5.44. The molecule has 1 aromatic heterocycles. The number of hydrogen-bond acceptors (Lipinski definition) is 4. The highest BCUT2D eigenvalue weighted by atomic mass is 16.2. The Balaban J connectivity index is 2.24. The van der Waals surface area contributed by atoms with Crippen LogP contribution in [-0.2, 0) is 6.42 Å². The number of hydrogen-bond donors (Lipinski definition) is 1. The van der Waals surface area contributed by atoms with Crippen molar-refractivity contribution in [3.05, 3.63) is 23.0 Å². The predicted octanol–water partition coefficient (Wildman–Crippen LogP) is 0.911. The lowest BCUT2D eigenvalue weighted by molar-refractivity contribution is 0.0706. The van der Waals surface area contributed by atoms with Crippen molar-refractivity contribution in [2.24, 2.45) is 5.73 Å². The summed E-state index contributed by atoms with van der Waals surface area (Å²) >= 11 is 0. The van der Waals surface area contributed by atoms with Gasteiger partial charge in [0.15, 0.2) is 0 Å². The smallest absolute Gasteiger partial charge is 0.255 e. The van der Waals surface area contributed by atoms with Crippen LogP contribution in [-0.4, -0.2) is 40.1 Å². The van der Waals surface area contributed by atoms with Crippen LogP contribution >= 0.6 is 0 Å². The fourth-order valence-corrected chi connectivity index (χ4v) is 2.33. The van der Waals surface area contributed by atoms with Crippen molar-refractivity contribution in [2.45, 2.75) is 39.2 Å². The Morgan fingerprint density at radius 2 is 2.33 bits per heavy atom. The summed E-state index contributed by atoms with van der Waals surface area (Å²) < 4.78 is 0. The van der Waals surface area contributed by atoms with Gasteiger partial charge in [-0.05, 0) is 32.3 Å². The van der Waals surface area contributed by atoms with E-state index >= 15 is 0 Å². The average molecular weight is 248 g/mol. The van der Waals surface area contributed by atoms with Crippen LogP contribution < -0.4 is 5.73 Å². The summed E-state index contributed by atoms with van der Waals surface area (Å²) in [6, 6.07) is 1.93. The molecule has 98 valence electrons. The number of piperidine rings is 1. The van der Waals surface area contributed by atoms with E-state index < -0.39 is 0 Å². The first-order valence-electron chi connectivity index (χ1n) is 6.50. The highest BCUT2D eigenvalue weighted by Crippen LogP contribution is 2.15. The van der Waals surface area contributed by atoms with Crippen molar-refractivity contribution in [3.63, 3.8) is 0 Å². The van der Waals surface area contributed by atoms with Gasteiger partial charge in [-0.3, -0.25) is 4.79 Å². The van der Waals surface area contributed by atoms with E-state index in [-0.39, 0.29) is 11.9 Å². The number of carbonyl (C=O) groups is 1. The van der Waals surface area contributed by atoms with Crippen molar-refractivity contribution < 1.29 is 4.79 Å². The molecule has 5 heteroatoms. The Bertz CT molecular complexity index is 447. The maximum Gasteiger partial charge on any atom is 0.255 e. The molecule has 1 aliphatic heterocycles. The van der Waals surface area contributed by atoms with Gasteiger partial charge < -0.3 is 10.6 Å². The Labute approximate surface area is 107 Å². The third kappa shape index (κ3) is 2.67. The summed E-state index contributed by atoms with van der Waals surface area (Å²) in [6.45, 7) is 5.27. The molecule has 2 heterocycles. The molecule has 0 spiro atoms. The third-order valence-corrected chi connectivity index (χ3v) is 3.30. The Morgan fingerprint density at radius 1 is 1.56 bits per heavy atom. The van der Waals surface area contributed by atoms with Gasteiger partial charge in [-0.2, -0.15) is 10.2 Å². The highest BCUT2D eigenvalue weighted by Gasteiger charge is 2.24. The van der Waals surface area contributed by atoms with Gasteiger partial charge in [0.25, 0.3) is 5.91 Å². The van der Waals surface area contributed by atoms with E-state index in [1.165, 1.54) is 0 Å². The second-order valence-corrected chi connectivity index (χ2v) is 4.85. The van der Waals surface area contributed by atoms with Crippen molar-refractivity contribution in [2.75, 3.05) is 13.1 Å². The lowest BCUT2D eigenvalue weighted by Crippen LogP contribution is -2.46. The van der Waals surface area contributed by atoms with Crippen LogP contribution in [0, 0.1) is 6.92 Å². The van der Waals surface area contributed by atoms with E-state index in [0.29, 0.717) is 18.5 Å². The minimum atomic E-state index is 0.0417. The minimum Gasteiger partial charge on any atom is -0.337 e. The minimum absolute atomic E-state index is 0.0417. The third-order valence-electron chi connectivity index (χ3n) is 3.30. The molecule has 0 radical (unpaired) electrons. The van der Waals surface area contributed by atoms with Gasteiger partial charge in [0.05, 0.1) is 17.0 Å². The summed E-state index contributed by atoms with van der Waals surface area (Å²) in [6.07, 6.45) is 2.69. The molecule has 0 aliphatic carbocycles. The van der Waals surface area contributed by atoms with Crippen molar-refractivity contribution >= 4 is 5.91 Å². The molecular formula is C13H20N4O. The first-order valence-corrected chi connectivity index (χ1v) is 6.50. The van der Waals surface area contributed by atoms with Gasteiger partial charge in [0.2, 0.25) is 0 Å². The molecule has 0 bridgehead atoms. The largest absolute Gasteiger partial charge is 0.337 e. The Hall–Kier alpha value is -1.49. The van der Waals surface area contributed by atoms with Crippen molar-refractivity contribution in [3.8, 4) is 0 Å². The van der Waals surface area contributed by atoms with Gasteiger partial charge in [-0.1, -0.05) is 6.92 Å². The topological polar surface area (TPSA) is 72.1 Å². The number of rotatable bonds is 2. The monoisotopic (exact) mass is 248 g/mol. The van der Waals surface area contributed by atoms with Gasteiger partial charge in [0.1, 0.15) is 0 Å². The normalized spacial score (nSPS) is 19.9. The molecule has 1 fully saturated rings. The molecule has 2 N–H and O–H groups in total. The molecular weight excluding hydrogens is 228 g/mol. The molecule has 1 atom stereocenters. The van der Waals surface area contributed by atoms with Gasteiger partial charge in [-0.15, -0.1) is 0 Å². The lowest BCUT2D eigenvalue weighted by atomic mass is 10.0. The van der Waals surface area contributed by atoms with Crippen LogP contribution in [0.1, 0.15) is 41.5 Å². The zero-order valence-corrected chi connectivity index (χ0v) is 11.0. The SMILES string of the molecule is CCc1nnc(C)cc1C(=O)N1CCC[C@@H](N)C1. The molecule has 0 unspecified atom stereocenters. The summed E-state index contributed by atoms with van der Waals surface area (Å²) in [5.41, 5.74) is 8.14. The quantitative estimate of drug-likeness (QED) is 0.844. The Kier molecular flexibility index (Phi) is 3.91. The standard InChI is InChI=1S/C13H20N4O/c1-3-12-11(7-9(2)15-16-12)13(18)17-6-4-5-10(14)8-17/h7,10H,3-6,8,14H2,1-2H3/t10-/m1/s1. The van der Waals surface area contributed by atoms with E-state index in [1.54, 1.807) is 0 Å². The maximum atomic E-state index is 12.5. The summed E-state index contributed by atoms with van der Waals surface area (Å²) in [5.74, 6) is 0.0417. The van der Waals surface area contributed by atoms with E-state index in [1.807, 2.05) is 24.8 Å². The van der Waals surface area contributed by atoms with E-state index in [0.717, 1.165) is 30.8 Å². The summed E-state index contributed by atoms with van der Waals surface area (Å²) in [4.78, 5) is 14.3. The molecule has 1 amide bonds. The van der Waals surface area contributed by atoms with Crippen molar-refractivity contribution in [1.82, 2.24) is 15.1 Å². The zero-order chi connectivity index (χ0) is 13.1. The van der Waals surface area contributed by atoms with E-state index in [2.05, 4.69) is 10.2 Å². The molecule has 18 heavy (non-hydrogen) atoms. The van der Waals surface area contributed by atoms with E-state index in [9.17, 15) is 4.79 Å². The average Bonchev–Trinajstić information content (AvgIpc) is 2.38. The number of aromatic nitrogens is 2. The van der Waals surface area contributed by atoms with Crippen molar-refractivity contribution in [1.29, 1.82) is 0 Å². The Morgan fingerprint density at radius 3 is 3.00 bits per heavy atom. The first kappa shape index (κ1) is 13.0. The molecule has 0 saturated carbocycles. The maximum absolute atomic E-state index is 12.5. The summed E-state index contributed by atoms with van der Waals surface area (Å²) in [7, 11) is 0. The van der Waals surface area contributed by atoms with Crippen LogP contribution in [0.15, 0.2) is 6.07 Å². The number of amides is 1. The zero-order valence-electron chi connectivity index (χ0n) is 11.0. The van der Waals surface area contributed by atoms with Gasteiger partial charge in [-0.25, -0.2) is 0 Å². The first-order chi connectivity index (χ1) is 8.61. The van der Waals surface area contributed by atoms with Crippen LogP contribution in [0.5, 0.6) is 0 Å². The van der Waals surface area contributed by atoms with Crippen LogP contribution in [0.3, 0.4) is 0 Å². The number of nitrogens with zero attached hydrogens (tertiary/aromatic N) is 3. The lowest BCUT2D eigenvalue weighted by Gasteiger charge is -2.31. The molecule has 1 aromatic rings. The molecule has 1 saturated heterocycles. The second-order valence-electron chi connectivity index (χ2n) is 4.85. The van der Waals surface area contributed by atoms with Crippen LogP contribution in [0.25, 0.3) is 0 Å². The number of aryl methyl sites for hydroxylation is 2. The highest BCUT2D eigenvalue weighted by molar-refractivity contribution is 5.95. The molecule has 5 nitrogen and oxygen atoms in total. The van der Waals surface area contributed by atoms with E-state index in [4.69, 9.17) is 5.73 Å². The molecule has 2 rings (SSSR count). The number of nitrogens with two attached hydrogens (primary N) is 1. The molecule has 0 aromatic carbocycles. The predicted molar refractivity (Wildman–Crippen MR) is 69.3 cm³/mol. The van der Waals surface area contributed by atoms with Gasteiger partial charge in [0, 0.05) is 19.1 Å². The fourth-order valence-electron chi connectivity index (χ4n) is 2.33. The van der Waals surface area contributed by atoms with Crippen LogP contribution in [0.4, 0.5) is 0 Å². The number of likely N-dealkylation sites (tertiary alicyclic amines) is 1. The van der Waals surface area contributed by atoms with Gasteiger partial charge >= 0.3 is 0 Å². The van der Waals surface area contributed by atoms with Crippen LogP contribution in [0.2, 0.25) is 0 Å². The summed E-state index contributed by atoms with van der Waals surface area (Å²) in [5, 5.41) is 8.11.